The highest BCUT2D eigenvalue weighted by atomic mass is 16.2. The summed E-state index contributed by atoms with van der Waals surface area (Å²) < 4.78 is 0. The second-order valence-corrected chi connectivity index (χ2v) is 8.65. The Morgan fingerprint density at radius 3 is 2.69 bits per heavy atom. The fraction of sp³-hybridized carbons (Fsp3) is 0.727. The van der Waals surface area contributed by atoms with Crippen molar-refractivity contribution in [2.75, 3.05) is 19.6 Å². The Labute approximate surface area is 158 Å². The Kier molecular flexibility index (Phi) is 5.88. The van der Waals surface area contributed by atoms with E-state index >= 15 is 0 Å². The van der Waals surface area contributed by atoms with Crippen LogP contribution in [0.5, 0.6) is 0 Å². The summed E-state index contributed by atoms with van der Waals surface area (Å²) in [4.78, 5) is 22.0. The third-order valence-corrected chi connectivity index (χ3v) is 6.45. The monoisotopic (exact) mass is 355 g/mol. The maximum Gasteiger partial charge on any atom is 0.225 e. The first-order valence-corrected chi connectivity index (χ1v) is 10.7. The molecule has 4 nitrogen and oxygen atoms in total. The maximum atomic E-state index is 12.9. The van der Waals surface area contributed by atoms with Crippen molar-refractivity contribution in [1.29, 1.82) is 0 Å². The molecule has 4 rings (SSSR count). The average Bonchev–Trinajstić information content (AvgIpc) is 3.54. The number of hydrogen-bond acceptors (Lipinski definition) is 3. The molecule has 3 aliphatic rings. The SMILES string of the molecule is O=C(C1CC1)N(Cc1cccnc1)C[C@H]1CCCN(C2CCCCC2)C1. The van der Waals surface area contributed by atoms with Crippen molar-refractivity contribution in [2.45, 2.75) is 70.4 Å². The summed E-state index contributed by atoms with van der Waals surface area (Å²) in [6.07, 6.45) is 15.4. The lowest BCUT2D eigenvalue weighted by atomic mass is 9.90. The molecular weight excluding hydrogens is 322 g/mol. The minimum absolute atomic E-state index is 0.296. The molecule has 26 heavy (non-hydrogen) atoms. The van der Waals surface area contributed by atoms with Crippen molar-refractivity contribution in [3.8, 4) is 0 Å². The van der Waals surface area contributed by atoms with Gasteiger partial charge in [-0.05, 0) is 62.6 Å². The zero-order valence-electron chi connectivity index (χ0n) is 16.0. The Bertz CT molecular complexity index is 580. The Hall–Kier alpha value is -1.42. The van der Waals surface area contributed by atoms with Crippen LogP contribution in [0.1, 0.15) is 63.4 Å². The van der Waals surface area contributed by atoms with Crippen molar-refractivity contribution >= 4 is 5.91 Å². The first-order valence-electron chi connectivity index (χ1n) is 10.7. The molecule has 0 aromatic carbocycles. The van der Waals surface area contributed by atoms with Gasteiger partial charge in [-0.2, -0.15) is 0 Å². The topological polar surface area (TPSA) is 36.4 Å². The van der Waals surface area contributed by atoms with Gasteiger partial charge in [-0.15, -0.1) is 0 Å². The minimum Gasteiger partial charge on any atom is -0.338 e. The Morgan fingerprint density at radius 2 is 1.96 bits per heavy atom. The summed E-state index contributed by atoms with van der Waals surface area (Å²) >= 11 is 0. The number of nitrogens with zero attached hydrogens (tertiary/aromatic N) is 3. The molecule has 1 aromatic heterocycles. The molecule has 0 bridgehead atoms. The highest BCUT2D eigenvalue weighted by molar-refractivity contribution is 5.81. The van der Waals surface area contributed by atoms with Gasteiger partial charge >= 0.3 is 0 Å². The quantitative estimate of drug-likeness (QED) is 0.777. The summed E-state index contributed by atoms with van der Waals surface area (Å²) in [5, 5.41) is 0. The van der Waals surface area contributed by atoms with E-state index in [9.17, 15) is 4.79 Å². The molecule has 3 fully saturated rings. The molecule has 2 aliphatic carbocycles. The van der Waals surface area contributed by atoms with Crippen LogP contribution in [-0.4, -0.2) is 46.4 Å². The molecule has 1 amide bonds. The predicted molar refractivity (Wildman–Crippen MR) is 104 cm³/mol. The molecule has 1 saturated heterocycles. The lowest BCUT2D eigenvalue weighted by Gasteiger charge is -2.41. The van der Waals surface area contributed by atoms with Crippen LogP contribution < -0.4 is 0 Å². The van der Waals surface area contributed by atoms with Crippen molar-refractivity contribution in [1.82, 2.24) is 14.8 Å². The number of rotatable bonds is 6. The third-order valence-electron chi connectivity index (χ3n) is 6.45. The van der Waals surface area contributed by atoms with Crippen molar-refractivity contribution in [3.63, 3.8) is 0 Å². The smallest absolute Gasteiger partial charge is 0.225 e. The molecule has 2 heterocycles. The number of piperidine rings is 1. The van der Waals surface area contributed by atoms with Gasteiger partial charge in [0.25, 0.3) is 0 Å². The number of amides is 1. The van der Waals surface area contributed by atoms with Gasteiger partial charge in [0.15, 0.2) is 0 Å². The summed E-state index contributed by atoms with van der Waals surface area (Å²) in [5.41, 5.74) is 1.15. The molecule has 0 spiro atoms. The standard InChI is InChI=1S/C22H33N3O/c26-22(20-10-11-20)25(15-18-6-4-12-23-14-18)17-19-7-5-13-24(16-19)21-8-2-1-3-9-21/h4,6,12,14,19-21H,1-3,5,7-11,13,15-17H2/t19-/m0/s1. The van der Waals surface area contributed by atoms with Gasteiger partial charge in [-0.1, -0.05) is 25.3 Å². The van der Waals surface area contributed by atoms with E-state index in [2.05, 4.69) is 20.9 Å². The van der Waals surface area contributed by atoms with Crippen LogP contribution in [0.2, 0.25) is 0 Å². The fourth-order valence-electron chi connectivity index (χ4n) is 4.87. The Balaban J connectivity index is 1.38. The first-order chi connectivity index (χ1) is 12.8. The van der Waals surface area contributed by atoms with Crippen LogP contribution in [0.3, 0.4) is 0 Å². The van der Waals surface area contributed by atoms with E-state index < -0.39 is 0 Å². The van der Waals surface area contributed by atoms with Crippen molar-refractivity contribution < 1.29 is 4.79 Å². The zero-order chi connectivity index (χ0) is 17.8. The van der Waals surface area contributed by atoms with Crippen LogP contribution in [0.15, 0.2) is 24.5 Å². The van der Waals surface area contributed by atoms with E-state index in [1.54, 1.807) is 6.20 Å². The highest BCUT2D eigenvalue weighted by Crippen LogP contribution is 2.33. The van der Waals surface area contributed by atoms with Gasteiger partial charge in [0, 0.05) is 44.0 Å². The van der Waals surface area contributed by atoms with Crippen molar-refractivity contribution in [2.24, 2.45) is 11.8 Å². The minimum atomic E-state index is 0.296. The number of likely N-dealkylation sites (tertiary alicyclic amines) is 1. The molecule has 2 saturated carbocycles. The number of carbonyl (C=O) groups is 1. The normalized spacial score (nSPS) is 25.2. The average molecular weight is 356 g/mol. The molecular formula is C22H33N3O. The number of pyridine rings is 1. The summed E-state index contributed by atoms with van der Waals surface area (Å²) in [5.74, 6) is 1.30. The van der Waals surface area contributed by atoms with Gasteiger partial charge in [-0.3, -0.25) is 9.78 Å². The van der Waals surface area contributed by atoms with E-state index in [1.807, 2.05) is 12.3 Å². The van der Waals surface area contributed by atoms with E-state index in [4.69, 9.17) is 0 Å². The van der Waals surface area contributed by atoms with Gasteiger partial charge in [0.05, 0.1) is 0 Å². The molecule has 1 aliphatic heterocycles. The van der Waals surface area contributed by atoms with Crippen LogP contribution >= 0.6 is 0 Å². The Morgan fingerprint density at radius 1 is 1.12 bits per heavy atom. The predicted octanol–water partition coefficient (Wildman–Crippen LogP) is 3.86. The van der Waals surface area contributed by atoms with E-state index in [-0.39, 0.29) is 0 Å². The molecule has 1 atom stereocenters. The number of carbonyl (C=O) groups excluding carboxylic acids is 1. The zero-order valence-corrected chi connectivity index (χ0v) is 16.0. The van der Waals surface area contributed by atoms with Gasteiger partial charge < -0.3 is 9.80 Å². The van der Waals surface area contributed by atoms with E-state index in [0.717, 1.165) is 37.5 Å². The van der Waals surface area contributed by atoms with Crippen molar-refractivity contribution in [3.05, 3.63) is 30.1 Å². The molecule has 0 N–H and O–H groups in total. The fourth-order valence-corrected chi connectivity index (χ4v) is 4.87. The first kappa shape index (κ1) is 18.0. The number of hydrogen-bond donors (Lipinski definition) is 0. The summed E-state index contributed by atoms with van der Waals surface area (Å²) in [6, 6.07) is 4.87. The second kappa shape index (κ2) is 8.51. The maximum absolute atomic E-state index is 12.9. The second-order valence-electron chi connectivity index (χ2n) is 8.65. The molecule has 1 aromatic rings. The van der Waals surface area contributed by atoms with E-state index in [0.29, 0.717) is 17.7 Å². The highest BCUT2D eigenvalue weighted by Gasteiger charge is 2.35. The van der Waals surface area contributed by atoms with Crippen LogP contribution in [0, 0.1) is 11.8 Å². The van der Waals surface area contributed by atoms with Gasteiger partial charge in [0.2, 0.25) is 5.91 Å². The largest absolute Gasteiger partial charge is 0.338 e. The van der Waals surface area contributed by atoms with Crippen LogP contribution in [0.25, 0.3) is 0 Å². The van der Waals surface area contributed by atoms with Gasteiger partial charge in [0.1, 0.15) is 0 Å². The van der Waals surface area contributed by atoms with Crippen LogP contribution in [-0.2, 0) is 11.3 Å². The lowest BCUT2D eigenvalue weighted by molar-refractivity contribution is -0.134. The molecule has 0 radical (unpaired) electrons. The molecule has 0 unspecified atom stereocenters. The van der Waals surface area contributed by atoms with Gasteiger partial charge in [-0.25, -0.2) is 0 Å². The molecule has 4 heteroatoms. The van der Waals surface area contributed by atoms with Crippen LogP contribution in [0.4, 0.5) is 0 Å². The summed E-state index contributed by atoms with van der Waals surface area (Å²) in [7, 11) is 0. The lowest BCUT2D eigenvalue weighted by Crippen LogP contribution is -2.47. The summed E-state index contributed by atoms with van der Waals surface area (Å²) in [6.45, 7) is 4.10. The number of aromatic nitrogens is 1. The molecule has 142 valence electrons. The van der Waals surface area contributed by atoms with E-state index in [1.165, 1.54) is 58.0 Å². The third kappa shape index (κ3) is 4.64.